The van der Waals surface area contributed by atoms with E-state index >= 15 is 0 Å². The molecule has 2 saturated heterocycles. The van der Waals surface area contributed by atoms with Gasteiger partial charge in [-0.2, -0.15) is 26.3 Å². The van der Waals surface area contributed by atoms with Crippen LogP contribution in [0.1, 0.15) is 27.0 Å². The van der Waals surface area contributed by atoms with Gasteiger partial charge < -0.3 is 9.64 Å². The fraction of sp³-hybridized carbons (Fsp3) is 0.406. The molecule has 3 aromatic carbocycles. The summed E-state index contributed by atoms with van der Waals surface area (Å²) in [5.41, 5.74) is 0.602. The first-order valence-corrected chi connectivity index (χ1v) is 14.5. The van der Waals surface area contributed by atoms with E-state index in [1.54, 1.807) is 0 Å². The Labute approximate surface area is 276 Å². The predicted octanol–water partition coefficient (Wildman–Crippen LogP) is 6.48. The highest BCUT2D eigenvalue weighted by Crippen LogP contribution is 2.37. The van der Waals surface area contributed by atoms with E-state index in [4.69, 9.17) is 4.74 Å². The van der Waals surface area contributed by atoms with Crippen LogP contribution in [0.3, 0.4) is 0 Å². The first kappa shape index (κ1) is 37.6. The molecule has 1 atom stereocenters. The quantitative estimate of drug-likeness (QED) is 0.216. The number of carbonyl (C=O) groups excluding carboxylic acids is 1. The minimum absolute atomic E-state index is 0. The summed E-state index contributed by atoms with van der Waals surface area (Å²) in [5.74, 6) is -0.850. The third kappa shape index (κ3) is 9.82. The molecule has 0 unspecified atom stereocenters. The second-order valence-electron chi connectivity index (χ2n) is 11.0. The average Bonchev–Trinajstić information content (AvgIpc) is 3.00. The van der Waals surface area contributed by atoms with Crippen molar-refractivity contribution in [3.63, 3.8) is 0 Å². The smallest absolute Gasteiger partial charge is 0.379 e. The van der Waals surface area contributed by atoms with Crippen LogP contribution in [0.2, 0.25) is 0 Å². The van der Waals surface area contributed by atoms with Gasteiger partial charge >= 0.3 is 12.4 Å². The van der Waals surface area contributed by atoms with Gasteiger partial charge in [0.2, 0.25) is 0 Å². The molecule has 0 aromatic heterocycles. The van der Waals surface area contributed by atoms with Gasteiger partial charge in [-0.25, -0.2) is 5.01 Å². The van der Waals surface area contributed by atoms with Crippen molar-refractivity contribution < 1.29 is 35.9 Å². The molecule has 2 aliphatic rings. The van der Waals surface area contributed by atoms with E-state index in [1.165, 1.54) is 4.90 Å². The lowest BCUT2D eigenvalue weighted by atomic mass is 9.97. The van der Waals surface area contributed by atoms with Gasteiger partial charge in [0.05, 0.1) is 24.3 Å². The van der Waals surface area contributed by atoms with Crippen LogP contribution in [0.15, 0.2) is 72.8 Å². The highest BCUT2D eigenvalue weighted by atomic mass is 35.5. The Morgan fingerprint density at radius 3 is 2.13 bits per heavy atom. The van der Waals surface area contributed by atoms with Crippen molar-refractivity contribution in [3.8, 4) is 0 Å². The molecule has 0 spiro atoms. The Morgan fingerprint density at radius 1 is 0.826 bits per heavy atom. The number of alkyl halides is 6. The molecule has 0 saturated carbocycles. The van der Waals surface area contributed by atoms with Crippen molar-refractivity contribution in [1.82, 2.24) is 20.2 Å². The fourth-order valence-corrected chi connectivity index (χ4v) is 5.62. The van der Waals surface area contributed by atoms with Gasteiger partial charge in [-0.1, -0.05) is 54.6 Å². The summed E-state index contributed by atoms with van der Waals surface area (Å²) in [6, 6.07) is 14.3. The number of rotatable bonds is 8. The molecule has 252 valence electrons. The number of hydrogen-bond acceptors (Lipinski definition) is 5. The molecular weight excluding hydrogens is 657 g/mol. The largest absolute Gasteiger partial charge is 0.416 e. The Bertz CT molecular complexity index is 1450. The zero-order valence-electron chi connectivity index (χ0n) is 24.8. The van der Waals surface area contributed by atoms with E-state index in [2.05, 4.69) is 15.3 Å². The topological polar surface area (TPSA) is 48.1 Å². The van der Waals surface area contributed by atoms with Gasteiger partial charge in [-0.05, 0) is 41.0 Å². The highest BCUT2D eigenvalue weighted by molar-refractivity contribution is 5.95. The van der Waals surface area contributed by atoms with Crippen molar-refractivity contribution >= 4 is 41.5 Å². The molecule has 0 radical (unpaired) electrons. The predicted molar refractivity (Wildman–Crippen MR) is 169 cm³/mol. The standard InChI is InChI=1S/C32H34F6N4O2.2ClH/c33-31(34,35)27-19-26(20-28(21-27)32(36,37)38)30(43)42-12-11-40(10-4-3-9-39-41-13-15-44-16-14-41)22-29(42)18-23-7-8-24-5-1-2-6-25(24)17-23;;/h1-8,17,19-21,29,39H,9-16,18,22H2;2*1H/t29-;;/m1../s1. The van der Waals surface area contributed by atoms with Gasteiger partial charge in [0.1, 0.15) is 0 Å². The third-order valence-electron chi connectivity index (χ3n) is 7.92. The fourth-order valence-electron chi connectivity index (χ4n) is 5.62. The first-order chi connectivity index (χ1) is 21.0. The zero-order valence-corrected chi connectivity index (χ0v) is 26.5. The number of halogens is 8. The SMILES string of the molecule is Cl.Cl.O=C(c1cc(C(F)(F)F)cc(C(F)(F)F)c1)N1CCN(CC=CCNN2CCOCC2)C[C@H]1Cc1ccc2ccccc2c1. The summed E-state index contributed by atoms with van der Waals surface area (Å²) < 4.78 is 86.6. The van der Waals surface area contributed by atoms with E-state index in [0.717, 1.165) is 29.4 Å². The number of nitrogens with zero attached hydrogens (tertiary/aromatic N) is 3. The van der Waals surface area contributed by atoms with Crippen molar-refractivity contribution in [3.05, 3.63) is 95.1 Å². The maximum Gasteiger partial charge on any atom is 0.416 e. The van der Waals surface area contributed by atoms with Crippen molar-refractivity contribution in [1.29, 1.82) is 0 Å². The molecule has 0 bridgehead atoms. The second kappa shape index (κ2) is 16.3. The summed E-state index contributed by atoms with van der Waals surface area (Å²) in [5, 5.41) is 4.13. The average molecular weight is 694 g/mol. The summed E-state index contributed by atoms with van der Waals surface area (Å²) in [6.45, 7) is 5.17. The second-order valence-corrected chi connectivity index (χ2v) is 11.0. The molecule has 2 aliphatic heterocycles. The van der Waals surface area contributed by atoms with Gasteiger partial charge in [0.15, 0.2) is 0 Å². The van der Waals surface area contributed by atoms with Crippen LogP contribution in [0.4, 0.5) is 26.3 Å². The summed E-state index contributed by atoms with van der Waals surface area (Å²) >= 11 is 0. The molecule has 1 amide bonds. The van der Waals surface area contributed by atoms with E-state index in [-0.39, 0.29) is 37.4 Å². The lowest BCUT2D eigenvalue weighted by molar-refractivity contribution is -0.143. The first-order valence-electron chi connectivity index (χ1n) is 14.5. The number of nitrogens with one attached hydrogen (secondary N) is 1. The van der Waals surface area contributed by atoms with Crippen LogP contribution >= 0.6 is 24.8 Å². The lowest BCUT2D eigenvalue weighted by Gasteiger charge is -2.41. The minimum atomic E-state index is -5.04. The molecule has 6 nitrogen and oxygen atoms in total. The van der Waals surface area contributed by atoms with Crippen LogP contribution in [-0.2, 0) is 23.5 Å². The molecule has 14 heteroatoms. The number of piperazine rings is 1. The number of hydrazine groups is 1. The highest BCUT2D eigenvalue weighted by Gasteiger charge is 2.39. The minimum Gasteiger partial charge on any atom is -0.379 e. The maximum absolute atomic E-state index is 13.7. The molecule has 5 rings (SSSR count). The van der Waals surface area contributed by atoms with E-state index < -0.39 is 41.0 Å². The molecule has 46 heavy (non-hydrogen) atoms. The lowest BCUT2D eigenvalue weighted by Crippen LogP contribution is -2.56. The monoisotopic (exact) mass is 692 g/mol. The molecule has 2 heterocycles. The number of amides is 1. The van der Waals surface area contributed by atoms with Crippen LogP contribution in [0, 0.1) is 0 Å². The van der Waals surface area contributed by atoms with Gasteiger partial charge in [-0.15, -0.1) is 24.8 Å². The Kier molecular flexibility index (Phi) is 13.3. The Morgan fingerprint density at radius 2 is 1.48 bits per heavy atom. The third-order valence-corrected chi connectivity index (χ3v) is 7.92. The van der Waals surface area contributed by atoms with Gasteiger partial charge in [-0.3, -0.25) is 15.1 Å². The number of hydrogen-bond donors (Lipinski definition) is 1. The van der Waals surface area contributed by atoms with Crippen molar-refractivity contribution in [2.45, 2.75) is 24.8 Å². The van der Waals surface area contributed by atoms with Crippen LogP contribution in [0.5, 0.6) is 0 Å². The molecule has 1 N–H and O–H groups in total. The molecule has 3 aromatic rings. The Balaban J connectivity index is 0.00000288. The zero-order chi connectivity index (χ0) is 31.3. The summed E-state index contributed by atoms with van der Waals surface area (Å²) in [6.07, 6.45) is -5.67. The van der Waals surface area contributed by atoms with Crippen LogP contribution < -0.4 is 5.43 Å². The Hall–Kier alpha value is -2.87. The van der Waals surface area contributed by atoms with Crippen LogP contribution in [0.25, 0.3) is 10.8 Å². The molecule has 0 aliphatic carbocycles. The van der Waals surface area contributed by atoms with Crippen LogP contribution in [-0.4, -0.2) is 85.8 Å². The normalized spacial score (nSPS) is 18.4. The van der Waals surface area contributed by atoms with E-state index in [0.29, 0.717) is 57.9 Å². The van der Waals surface area contributed by atoms with E-state index in [9.17, 15) is 31.1 Å². The van der Waals surface area contributed by atoms with Crippen molar-refractivity contribution in [2.24, 2.45) is 0 Å². The maximum atomic E-state index is 13.7. The van der Waals surface area contributed by atoms with E-state index in [1.807, 2.05) is 54.6 Å². The number of fused-ring (bicyclic) bond motifs is 1. The van der Waals surface area contributed by atoms with Gasteiger partial charge in [0, 0.05) is 57.4 Å². The number of benzene rings is 3. The molecule has 2 fully saturated rings. The summed E-state index contributed by atoms with van der Waals surface area (Å²) in [4.78, 5) is 17.2. The van der Waals surface area contributed by atoms with Gasteiger partial charge in [0.25, 0.3) is 5.91 Å². The number of carbonyl (C=O) groups is 1. The number of ether oxygens (including phenoxy) is 1. The molecular formula is C32H36Cl2F6N4O2. The summed E-state index contributed by atoms with van der Waals surface area (Å²) in [7, 11) is 0. The number of morpholine rings is 1. The van der Waals surface area contributed by atoms with Crippen molar-refractivity contribution in [2.75, 3.05) is 59.0 Å².